The minimum absolute atomic E-state index is 0.0519. The summed E-state index contributed by atoms with van der Waals surface area (Å²) in [6, 6.07) is 22.4. The molecule has 4 aromatic rings. The van der Waals surface area contributed by atoms with E-state index in [1.54, 1.807) is 17.0 Å². The molecule has 0 bridgehead atoms. The van der Waals surface area contributed by atoms with Crippen LogP contribution in [0.4, 0.5) is 0 Å². The number of hydrogen-bond donors (Lipinski definition) is 1. The first-order valence-corrected chi connectivity index (χ1v) is 19.3. The molecule has 1 fully saturated rings. The van der Waals surface area contributed by atoms with E-state index in [9.17, 15) is 14.4 Å². The molecule has 0 spiro atoms. The number of benzene rings is 3. The number of carbonyl (C=O) groups excluding carboxylic acids is 3. The van der Waals surface area contributed by atoms with Gasteiger partial charge in [-0.25, -0.2) is 9.97 Å². The number of rotatable bonds is 15. The molecule has 9 nitrogen and oxygen atoms in total. The Kier molecular flexibility index (Phi) is 13.3. The lowest BCUT2D eigenvalue weighted by molar-refractivity contribution is -0.168. The first-order valence-electron chi connectivity index (χ1n) is 19.3. The molecule has 0 aliphatic carbocycles. The first-order chi connectivity index (χ1) is 25.7. The van der Waals surface area contributed by atoms with E-state index < -0.39 is 11.6 Å². The summed E-state index contributed by atoms with van der Waals surface area (Å²) < 4.78 is 11.4. The van der Waals surface area contributed by atoms with Crippen molar-refractivity contribution in [1.82, 2.24) is 20.2 Å². The SMILES string of the molecule is CCCCCCCOc1ccc(-c2cnc(-c3ccc(C[C@H](NC(=O)c4ccc(C(C)(C)C)cc4)C(=O)N4CC(C(=O)OC(C)(C)C)C4)cc3)nc2)cc1. The number of aromatic nitrogens is 2. The van der Waals surface area contributed by atoms with Crippen LogP contribution in [0, 0.1) is 5.92 Å². The average Bonchev–Trinajstić information content (AvgIpc) is 3.11. The molecule has 1 aliphatic rings. The molecule has 0 radical (unpaired) electrons. The van der Waals surface area contributed by atoms with Gasteiger partial charge in [-0.1, -0.05) is 102 Å². The molecule has 5 rings (SSSR count). The van der Waals surface area contributed by atoms with Crippen LogP contribution < -0.4 is 10.1 Å². The van der Waals surface area contributed by atoms with E-state index >= 15 is 0 Å². The van der Waals surface area contributed by atoms with Gasteiger partial charge in [-0.2, -0.15) is 0 Å². The van der Waals surface area contributed by atoms with Gasteiger partial charge in [0.25, 0.3) is 5.91 Å². The van der Waals surface area contributed by atoms with Crippen LogP contribution in [0.15, 0.2) is 85.2 Å². The molecule has 1 aromatic heterocycles. The van der Waals surface area contributed by atoms with Crippen molar-refractivity contribution < 1.29 is 23.9 Å². The Morgan fingerprint density at radius 3 is 1.98 bits per heavy atom. The summed E-state index contributed by atoms with van der Waals surface area (Å²) in [6.45, 7) is 15.3. The Morgan fingerprint density at radius 1 is 0.778 bits per heavy atom. The minimum atomic E-state index is -0.830. The maximum Gasteiger partial charge on any atom is 0.313 e. The predicted octanol–water partition coefficient (Wildman–Crippen LogP) is 8.60. The molecular formula is C45H56N4O5. The standard InChI is InChI=1S/C45H56N4O5/c1-8-9-10-11-12-25-53-38-23-19-32(20-24-38)35-27-46-40(47-28-35)33-15-13-31(14-16-33)26-39(42(51)49-29-36(30-49)43(52)54-45(5,6)7)48-41(50)34-17-21-37(22-18-34)44(2,3)4/h13-24,27-28,36,39H,8-12,25-26,29-30H2,1-7H3,(H,48,50)/t39-/m0/s1. The molecule has 9 heteroatoms. The number of likely N-dealkylation sites (tertiary alicyclic amines) is 1. The normalized spacial score (nSPS) is 13.9. The van der Waals surface area contributed by atoms with Gasteiger partial charge in [0.1, 0.15) is 17.4 Å². The summed E-state index contributed by atoms with van der Waals surface area (Å²) in [6.07, 6.45) is 9.94. The second-order valence-electron chi connectivity index (χ2n) is 16.3. The molecule has 2 heterocycles. The van der Waals surface area contributed by atoms with Gasteiger partial charge in [0, 0.05) is 48.6 Å². The van der Waals surface area contributed by atoms with E-state index in [1.807, 2.05) is 93.8 Å². The summed E-state index contributed by atoms with van der Waals surface area (Å²) >= 11 is 0. The fourth-order valence-electron chi connectivity index (χ4n) is 6.27. The number of nitrogens with one attached hydrogen (secondary N) is 1. The third-order valence-corrected chi connectivity index (χ3v) is 9.56. The molecule has 3 aromatic carbocycles. The molecule has 1 N–H and O–H groups in total. The highest BCUT2D eigenvalue weighted by molar-refractivity contribution is 5.98. The molecule has 0 saturated carbocycles. The second kappa shape index (κ2) is 17.9. The minimum Gasteiger partial charge on any atom is -0.494 e. The highest BCUT2D eigenvalue weighted by Gasteiger charge is 2.40. The van der Waals surface area contributed by atoms with Gasteiger partial charge in [-0.3, -0.25) is 14.4 Å². The van der Waals surface area contributed by atoms with Crippen molar-refractivity contribution in [2.24, 2.45) is 5.92 Å². The first kappa shape index (κ1) is 40.1. The molecule has 2 amide bonds. The van der Waals surface area contributed by atoms with Crippen LogP contribution in [0.5, 0.6) is 5.75 Å². The van der Waals surface area contributed by atoms with Crippen molar-refractivity contribution in [3.8, 4) is 28.3 Å². The highest BCUT2D eigenvalue weighted by Crippen LogP contribution is 2.26. The molecule has 54 heavy (non-hydrogen) atoms. The lowest BCUT2D eigenvalue weighted by atomic mass is 9.86. The number of carbonyl (C=O) groups is 3. The van der Waals surface area contributed by atoms with Crippen molar-refractivity contribution in [2.45, 2.75) is 104 Å². The number of nitrogens with zero attached hydrogens (tertiary/aromatic N) is 3. The summed E-state index contributed by atoms with van der Waals surface area (Å²) in [5.41, 5.74) is 4.55. The number of ether oxygens (including phenoxy) is 2. The van der Waals surface area contributed by atoms with Crippen LogP contribution in [-0.4, -0.2) is 64.0 Å². The topological polar surface area (TPSA) is 111 Å². The van der Waals surface area contributed by atoms with E-state index in [2.05, 4.69) is 43.0 Å². The lowest BCUT2D eigenvalue weighted by Crippen LogP contribution is -2.59. The van der Waals surface area contributed by atoms with Crippen LogP contribution in [0.2, 0.25) is 0 Å². The largest absolute Gasteiger partial charge is 0.494 e. The van der Waals surface area contributed by atoms with Crippen molar-refractivity contribution >= 4 is 17.8 Å². The quantitative estimate of drug-likeness (QED) is 0.0963. The molecule has 286 valence electrons. The van der Waals surface area contributed by atoms with E-state index in [0.29, 0.717) is 11.4 Å². The van der Waals surface area contributed by atoms with Crippen molar-refractivity contribution in [3.05, 3.63) is 102 Å². The summed E-state index contributed by atoms with van der Waals surface area (Å²) in [7, 11) is 0. The monoisotopic (exact) mass is 732 g/mol. The Bertz CT molecular complexity index is 1840. The molecular weight excluding hydrogens is 677 g/mol. The van der Waals surface area contributed by atoms with Gasteiger partial charge < -0.3 is 19.7 Å². The van der Waals surface area contributed by atoms with Crippen molar-refractivity contribution in [1.29, 1.82) is 0 Å². The highest BCUT2D eigenvalue weighted by atomic mass is 16.6. The fraction of sp³-hybridized carbons (Fsp3) is 0.444. The maximum absolute atomic E-state index is 13.8. The third-order valence-electron chi connectivity index (χ3n) is 9.56. The van der Waals surface area contributed by atoms with Crippen LogP contribution in [0.1, 0.15) is 102 Å². The zero-order valence-electron chi connectivity index (χ0n) is 33.0. The number of hydrogen-bond acceptors (Lipinski definition) is 7. The maximum atomic E-state index is 13.8. The van der Waals surface area contributed by atoms with E-state index in [1.165, 1.54) is 25.7 Å². The number of esters is 1. The van der Waals surface area contributed by atoms with Crippen LogP contribution in [0.3, 0.4) is 0 Å². The summed E-state index contributed by atoms with van der Waals surface area (Å²) in [5, 5.41) is 2.98. The Morgan fingerprint density at radius 2 is 1.39 bits per heavy atom. The Balaban J connectivity index is 1.23. The molecule has 1 saturated heterocycles. The van der Waals surface area contributed by atoms with Gasteiger partial charge in [0.15, 0.2) is 5.82 Å². The van der Waals surface area contributed by atoms with Crippen LogP contribution >= 0.6 is 0 Å². The van der Waals surface area contributed by atoms with Gasteiger partial charge in [0.05, 0.1) is 12.5 Å². The average molecular weight is 733 g/mol. The van der Waals surface area contributed by atoms with Crippen LogP contribution in [-0.2, 0) is 26.2 Å². The molecule has 1 aliphatic heterocycles. The van der Waals surface area contributed by atoms with Gasteiger partial charge >= 0.3 is 5.97 Å². The molecule has 1 atom stereocenters. The van der Waals surface area contributed by atoms with E-state index in [4.69, 9.17) is 9.47 Å². The van der Waals surface area contributed by atoms with E-state index in [0.717, 1.165) is 46.6 Å². The van der Waals surface area contributed by atoms with Gasteiger partial charge in [-0.05, 0) is 73.6 Å². The van der Waals surface area contributed by atoms with Crippen LogP contribution in [0.25, 0.3) is 22.5 Å². The van der Waals surface area contributed by atoms with E-state index in [-0.39, 0.29) is 48.6 Å². The van der Waals surface area contributed by atoms with Crippen molar-refractivity contribution in [3.63, 3.8) is 0 Å². The van der Waals surface area contributed by atoms with Gasteiger partial charge in [0.2, 0.25) is 5.91 Å². The fourth-order valence-corrected chi connectivity index (χ4v) is 6.27. The van der Waals surface area contributed by atoms with Gasteiger partial charge in [-0.15, -0.1) is 0 Å². The molecule has 0 unspecified atom stereocenters. The zero-order valence-corrected chi connectivity index (χ0v) is 33.0. The van der Waals surface area contributed by atoms with Crippen molar-refractivity contribution in [2.75, 3.05) is 19.7 Å². The second-order valence-corrected chi connectivity index (χ2v) is 16.3. The third kappa shape index (κ3) is 11.2. The summed E-state index contributed by atoms with van der Waals surface area (Å²) in [5.74, 6) is 0.177. The number of amides is 2. The Labute approximate surface area is 320 Å². The lowest BCUT2D eigenvalue weighted by Gasteiger charge is -2.40. The Hall–Kier alpha value is -5.05. The summed E-state index contributed by atoms with van der Waals surface area (Å²) in [4.78, 5) is 50.8. The number of unbranched alkanes of at least 4 members (excludes halogenated alkanes) is 4. The zero-order chi connectivity index (χ0) is 38.9. The predicted molar refractivity (Wildman–Crippen MR) is 213 cm³/mol. The smallest absolute Gasteiger partial charge is 0.313 e.